The van der Waals surface area contributed by atoms with Gasteiger partial charge < -0.3 is 9.30 Å². The summed E-state index contributed by atoms with van der Waals surface area (Å²) in [6.45, 7) is 4.23. The third-order valence-corrected chi connectivity index (χ3v) is 7.16. The van der Waals surface area contributed by atoms with Crippen molar-refractivity contribution in [1.29, 1.82) is 0 Å². The second kappa shape index (κ2) is 8.56. The summed E-state index contributed by atoms with van der Waals surface area (Å²) in [7, 11) is -3.75. The van der Waals surface area contributed by atoms with Crippen molar-refractivity contribution in [2.75, 3.05) is 0 Å². The van der Waals surface area contributed by atoms with E-state index in [0.29, 0.717) is 23.7 Å². The number of hydrogen-bond acceptors (Lipinski definition) is 4. The molecule has 32 heavy (non-hydrogen) atoms. The molecule has 1 atom stereocenters. The summed E-state index contributed by atoms with van der Waals surface area (Å²) in [5.74, 6) is 1.35. The molecule has 0 bridgehead atoms. The Morgan fingerprint density at radius 2 is 1.81 bits per heavy atom. The Kier molecular flexibility index (Phi) is 5.97. The molecule has 0 radical (unpaired) electrons. The van der Waals surface area contributed by atoms with Gasteiger partial charge in [0.2, 0.25) is 10.0 Å². The minimum Gasteiger partial charge on any atom is -0.487 e. The number of fused-ring (bicyclic) bond motifs is 1. The molecule has 3 aromatic rings. The van der Waals surface area contributed by atoms with Gasteiger partial charge in [0.15, 0.2) is 5.78 Å². The molecule has 2 heterocycles. The highest BCUT2D eigenvalue weighted by atomic mass is 32.2. The number of primary sulfonamides is 1. The number of aromatic nitrogens is 1. The van der Waals surface area contributed by atoms with E-state index in [1.165, 1.54) is 17.7 Å². The highest BCUT2D eigenvalue weighted by Gasteiger charge is 2.36. The maximum Gasteiger partial charge on any atom is 0.238 e. The van der Waals surface area contributed by atoms with Crippen LogP contribution in [-0.2, 0) is 16.4 Å². The minimum absolute atomic E-state index is 0.0418. The lowest BCUT2D eigenvalue weighted by Gasteiger charge is -2.40. The number of para-hydroxylation sites is 1. The summed E-state index contributed by atoms with van der Waals surface area (Å²) < 4.78 is 31.0. The molecule has 0 saturated carbocycles. The molecular formula is C25H28N2O4S. The van der Waals surface area contributed by atoms with Crippen LogP contribution in [0.25, 0.3) is 5.69 Å². The minimum atomic E-state index is -3.75. The predicted octanol–water partition coefficient (Wildman–Crippen LogP) is 4.51. The van der Waals surface area contributed by atoms with E-state index in [1.54, 1.807) is 29.0 Å². The van der Waals surface area contributed by atoms with Crippen LogP contribution in [0.1, 0.15) is 49.2 Å². The first-order valence-corrected chi connectivity index (χ1v) is 12.3. The average Bonchev–Trinajstić information content (AvgIpc) is 3.23. The normalized spacial score (nSPS) is 17.4. The third-order valence-electron chi connectivity index (χ3n) is 6.23. The van der Waals surface area contributed by atoms with Gasteiger partial charge >= 0.3 is 0 Å². The van der Waals surface area contributed by atoms with Crippen LogP contribution in [0.5, 0.6) is 5.75 Å². The first-order chi connectivity index (χ1) is 15.1. The molecule has 0 amide bonds. The lowest BCUT2D eigenvalue weighted by atomic mass is 9.79. The fraction of sp³-hybridized carbons (Fsp3) is 0.320. The Bertz CT molecular complexity index is 1230. The van der Waals surface area contributed by atoms with E-state index in [-0.39, 0.29) is 16.3 Å². The molecule has 2 N–H and O–H groups in total. The molecule has 2 aromatic carbocycles. The summed E-state index contributed by atoms with van der Waals surface area (Å²) >= 11 is 0. The SMILES string of the molecule is CC1(C)Oc2ccccc2CC1CCCC(=O)c1cccn1-c1ccc(S(N)(=O)=O)cc1. The van der Waals surface area contributed by atoms with Crippen LogP contribution < -0.4 is 9.88 Å². The number of carbonyl (C=O) groups excluding carboxylic acids is 1. The molecule has 1 aromatic heterocycles. The number of ether oxygens (including phenoxy) is 1. The zero-order valence-electron chi connectivity index (χ0n) is 18.3. The van der Waals surface area contributed by atoms with Crippen LogP contribution in [0, 0.1) is 5.92 Å². The van der Waals surface area contributed by atoms with E-state index in [4.69, 9.17) is 9.88 Å². The Labute approximate surface area is 189 Å². The number of sulfonamides is 1. The quantitative estimate of drug-likeness (QED) is 0.534. The average molecular weight is 453 g/mol. The van der Waals surface area contributed by atoms with Crippen molar-refractivity contribution in [1.82, 2.24) is 4.57 Å². The largest absolute Gasteiger partial charge is 0.487 e. The summed E-state index contributed by atoms with van der Waals surface area (Å²) in [5, 5.41) is 5.17. The maximum atomic E-state index is 13.0. The van der Waals surface area contributed by atoms with Gasteiger partial charge in [0.1, 0.15) is 11.4 Å². The van der Waals surface area contributed by atoms with Crippen molar-refractivity contribution >= 4 is 15.8 Å². The molecular weight excluding hydrogens is 424 g/mol. The second-order valence-corrected chi connectivity index (χ2v) is 10.4. The molecule has 0 saturated heterocycles. The maximum absolute atomic E-state index is 13.0. The fourth-order valence-electron chi connectivity index (χ4n) is 4.37. The number of carbonyl (C=O) groups is 1. The molecule has 1 unspecified atom stereocenters. The van der Waals surface area contributed by atoms with Crippen LogP contribution >= 0.6 is 0 Å². The molecule has 1 aliphatic heterocycles. The van der Waals surface area contributed by atoms with Gasteiger partial charge in [-0.1, -0.05) is 18.2 Å². The van der Waals surface area contributed by atoms with E-state index in [2.05, 4.69) is 19.9 Å². The van der Waals surface area contributed by atoms with Gasteiger partial charge in [-0.15, -0.1) is 0 Å². The second-order valence-electron chi connectivity index (χ2n) is 8.83. The van der Waals surface area contributed by atoms with Gasteiger partial charge in [-0.3, -0.25) is 4.79 Å². The molecule has 168 valence electrons. The Morgan fingerprint density at radius 3 is 2.53 bits per heavy atom. The summed E-state index contributed by atoms with van der Waals surface area (Å²) in [5.41, 5.74) is 2.24. The number of benzene rings is 2. The van der Waals surface area contributed by atoms with Gasteiger partial charge in [-0.2, -0.15) is 0 Å². The summed E-state index contributed by atoms with van der Waals surface area (Å²) in [6, 6.07) is 17.9. The summed E-state index contributed by atoms with van der Waals surface area (Å²) in [6.07, 6.45) is 4.86. The van der Waals surface area contributed by atoms with Crippen molar-refractivity contribution < 1.29 is 17.9 Å². The third kappa shape index (κ3) is 4.64. The molecule has 0 aliphatic carbocycles. The van der Waals surface area contributed by atoms with Crippen molar-refractivity contribution in [3.8, 4) is 11.4 Å². The van der Waals surface area contributed by atoms with Gasteiger partial charge in [0, 0.05) is 24.2 Å². The first-order valence-electron chi connectivity index (χ1n) is 10.8. The van der Waals surface area contributed by atoms with Crippen LogP contribution in [0.4, 0.5) is 0 Å². The Morgan fingerprint density at radius 1 is 1.09 bits per heavy atom. The topological polar surface area (TPSA) is 91.4 Å². The summed E-state index contributed by atoms with van der Waals surface area (Å²) in [4.78, 5) is 13.0. The first kappa shape index (κ1) is 22.3. The van der Waals surface area contributed by atoms with Crippen LogP contribution in [0.15, 0.2) is 71.8 Å². The molecule has 0 spiro atoms. The number of Topliss-reactive ketones (excluding diaryl/α,β-unsaturated/α-hetero) is 1. The fourth-order valence-corrected chi connectivity index (χ4v) is 4.88. The van der Waals surface area contributed by atoms with E-state index in [9.17, 15) is 13.2 Å². The van der Waals surface area contributed by atoms with Crippen LogP contribution in [0.2, 0.25) is 0 Å². The number of nitrogens with two attached hydrogens (primary N) is 1. The van der Waals surface area contributed by atoms with Crippen LogP contribution in [0.3, 0.4) is 0 Å². The Balaban J connectivity index is 1.41. The number of rotatable bonds is 7. The highest BCUT2D eigenvalue weighted by Crippen LogP contribution is 2.39. The molecule has 1 aliphatic rings. The van der Waals surface area contributed by atoms with E-state index >= 15 is 0 Å². The smallest absolute Gasteiger partial charge is 0.238 e. The van der Waals surface area contributed by atoms with E-state index in [0.717, 1.165) is 25.0 Å². The monoisotopic (exact) mass is 452 g/mol. The molecule has 7 heteroatoms. The number of ketones is 1. The van der Waals surface area contributed by atoms with Gasteiger partial charge in [0.05, 0.1) is 10.6 Å². The predicted molar refractivity (Wildman–Crippen MR) is 124 cm³/mol. The lowest BCUT2D eigenvalue weighted by molar-refractivity contribution is 0.0216. The lowest BCUT2D eigenvalue weighted by Crippen LogP contribution is -2.42. The number of hydrogen-bond donors (Lipinski definition) is 1. The standard InChI is InChI=1S/C25H28N2O4S/c1-25(2)19(17-18-7-3-4-11-24(18)31-25)8-5-10-23(28)22-9-6-16-27(22)20-12-14-21(15-13-20)32(26,29)30/h3-4,6-7,9,11-16,19H,5,8,10,17H2,1-2H3,(H2,26,29,30). The molecule has 4 rings (SSSR count). The van der Waals surface area contributed by atoms with Crippen molar-refractivity contribution in [2.24, 2.45) is 11.1 Å². The van der Waals surface area contributed by atoms with Crippen molar-refractivity contribution in [3.63, 3.8) is 0 Å². The highest BCUT2D eigenvalue weighted by molar-refractivity contribution is 7.89. The molecule has 0 fully saturated rings. The van der Waals surface area contributed by atoms with Gasteiger partial charge in [0.25, 0.3) is 0 Å². The van der Waals surface area contributed by atoms with Crippen LogP contribution in [-0.4, -0.2) is 24.4 Å². The zero-order valence-corrected chi connectivity index (χ0v) is 19.1. The van der Waals surface area contributed by atoms with Gasteiger partial charge in [-0.25, -0.2) is 13.6 Å². The van der Waals surface area contributed by atoms with E-state index < -0.39 is 10.0 Å². The molecule has 6 nitrogen and oxygen atoms in total. The van der Waals surface area contributed by atoms with Gasteiger partial charge in [-0.05, 0) is 81.1 Å². The van der Waals surface area contributed by atoms with E-state index in [1.807, 2.05) is 24.3 Å². The zero-order chi connectivity index (χ0) is 22.9. The van der Waals surface area contributed by atoms with Crippen molar-refractivity contribution in [3.05, 3.63) is 78.1 Å². The Hall–Kier alpha value is -2.90. The van der Waals surface area contributed by atoms with Crippen molar-refractivity contribution in [2.45, 2.75) is 50.0 Å². The number of nitrogens with zero attached hydrogens (tertiary/aromatic N) is 1.